The number of nitrogens with one attached hydrogen (secondary N) is 1. The predicted molar refractivity (Wildman–Crippen MR) is 49.0 cm³/mol. The van der Waals surface area contributed by atoms with Crippen molar-refractivity contribution < 1.29 is 13.2 Å². The highest BCUT2D eigenvalue weighted by Crippen LogP contribution is 2.20. The van der Waals surface area contributed by atoms with Crippen molar-refractivity contribution in [1.82, 2.24) is 5.32 Å². The van der Waals surface area contributed by atoms with Crippen molar-refractivity contribution >= 4 is 11.8 Å². The van der Waals surface area contributed by atoms with Gasteiger partial charge in [-0.2, -0.15) is 24.9 Å². The fraction of sp³-hybridized carbons (Fsp3) is 1.00. The highest BCUT2D eigenvalue weighted by Gasteiger charge is 2.26. The summed E-state index contributed by atoms with van der Waals surface area (Å²) in [6.07, 6.45) is -2.72. The van der Waals surface area contributed by atoms with Gasteiger partial charge in [0.15, 0.2) is 0 Å². The lowest BCUT2D eigenvalue weighted by Gasteiger charge is -2.22. The molecule has 78 valence electrons. The summed E-state index contributed by atoms with van der Waals surface area (Å²) >= 11 is 1.88. The Hall–Kier alpha value is 0.100. The van der Waals surface area contributed by atoms with E-state index < -0.39 is 12.6 Å². The van der Waals surface area contributed by atoms with E-state index in [-0.39, 0.29) is 6.54 Å². The van der Waals surface area contributed by atoms with Gasteiger partial charge in [-0.05, 0) is 24.3 Å². The maximum absolute atomic E-state index is 11.8. The third-order valence-electron chi connectivity index (χ3n) is 2.06. The average molecular weight is 213 g/mol. The van der Waals surface area contributed by atoms with Crippen molar-refractivity contribution in [2.45, 2.75) is 31.5 Å². The van der Waals surface area contributed by atoms with Crippen LogP contribution in [0.15, 0.2) is 0 Å². The standard InChI is InChI=1S/C8H14F3NS/c9-8(10,11)3-4-12-7-1-5-13-6-2-7/h7,12H,1-6H2. The zero-order valence-electron chi connectivity index (χ0n) is 7.36. The van der Waals surface area contributed by atoms with Gasteiger partial charge >= 0.3 is 6.18 Å². The smallest absolute Gasteiger partial charge is 0.314 e. The van der Waals surface area contributed by atoms with Crippen LogP contribution in [0.4, 0.5) is 13.2 Å². The van der Waals surface area contributed by atoms with Crippen LogP contribution in [-0.4, -0.2) is 30.3 Å². The van der Waals surface area contributed by atoms with Crippen LogP contribution in [0.25, 0.3) is 0 Å². The maximum Gasteiger partial charge on any atom is 0.390 e. The normalized spacial score (nSPS) is 20.5. The van der Waals surface area contributed by atoms with Crippen molar-refractivity contribution in [3.63, 3.8) is 0 Å². The molecule has 5 heteroatoms. The first-order valence-corrected chi connectivity index (χ1v) is 5.61. The Morgan fingerprint density at radius 1 is 1.23 bits per heavy atom. The Morgan fingerprint density at radius 3 is 2.38 bits per heavy atom. The molecule has 13 heavy (non-hydrogen) atoms. The Bertz CT molecular complexity index is 143. The third-order valence-corrected chi connectivity index (χ3v) is 3.11. The minimum atomic E-state index is -4.02. The van der Waals surface area contributed by atoms with Crippen LogP contribution in [0.3, 0.4) is 0 Å². The molecule has 0 bridgehead atoms. The molecule has 1 nitrogen and oxygen atoms in total. The summed E-state index contributed by atoms with van der Waals surface area (Å²) in [6, 6.07) is 0.309. The molecule has 0 atom stereocenters. The third kappa shape index (κ3) is 5.41. The second kappa shape index (κ2) is 5.10. The summed E-state index contributed by atoms with van der Waals surface area (Å²) in [5, 5.41) is 2.94. The molecule has 0 unspecified atom stereocenters. The summed E-state index contributed by atoms with van der Waals surface area (Å²) < 4.78 is 35.3. The van der Waals surface area contributed by atoms with Crippen molar-refractivity contribution in [2.75, 3.05) is 18.1 Å². The van der Waals surface area contributed by atoms with Crippen molar-refractivity contribution in [2.24, 2.45) is 0 Å². The molecule has 1 aliphatic heterocycles. The van der Waals surface area contributed by atoms with Crippen LogP contribution >= 0.6 is 11.8 Å². The van der Waals surface area contributed by atoms with Gasteiger partial charge in [0.2, 0.25) is 0 Å². The molecule has 0 aromatic rings. The number of halogens is 3. The molecule has 0 aliphatic carbocycles. The molecule has 1 saturated heterocycles. The van der Waals surface area contributed by atoms with Gasteiger partial charge in [-0.1, -0.05) is 0 Å². The number of hydrogen-bond acceptors (Lipinski definition) is 2. The van der Waals surface area contributed by atoms with E-state index in [0.717, 1.165) is 24.3 Å². The van der Waals surface area contributed by atoms with E-state index in [4.69, 9.17) is 0 Å². The molecule has 1 rings (SSSR count). The monoisotopic (exact) mass is 213 g/mol. The number of alkyl halides is 3. The summed E-state index contributed by atoms with van der Waals surface area (Å²) in [5.41, 5.74) is 0. The fourth-order valence-corrected chi connectivity index (χ4v) is 2.43. The summed E-state index contributed by atoms with van der Waals surface area (Å²) in [5.74, 6) is 2.15. The van der Waals surface area contributed by atoms with E-state index in [1.165, 1.54) is 0 Å². The number of thioether (sulfide) groups is 1. The molecule has 1 fully saturated rings. The van der Waals surface area contributed by atoms with Crippen LogP contribution in [-0.2, 0) is 0 Å². The van der Waals surface area contributed by atoms with Gasteiger partial charge in [0.25, 0.3) is 0 Å². The van der Waals surface area contributed by atoms with Gasteiger partial charge in [0, 0.05) is 12.6 Å². The molecule has 0 saturated carbocycles. The van der Waals surface area contributed by atoms with E-state index in [1.807, 2.05) is 11.8 Å². The van der Waals surface area contributed by atoms with Crippen LogP contribution in [0, 0.1) is 0 Å². The van der Waals surface area contributed by atoms with Gasteiger partial charge in [-0.3, -0.25) is 0 Å². The molecule has 0 aromatic heterocycles. The van der Waals surface area contributed by atoms with Gasteiger partial charge in [-0.15, -0.1) is 0 Å². The Balaban J connectivity index is 2.04. The first kappa shape index (κ1) is 11.2. The van der Waals surface area contributed by atoms with Gasteiger partial charge in [0.05, 0.1) is 6.42 Å². The lowest BCUT2D eigenvalue weighted by molar-refractivity contribution is -0.133. The van der Waals surface area contributed by atoms with Crippen LogP contribution in [0.5, 0.6) is 0 Å². The lowest BCUT2D eigenvalue weighted by Crippen LogP contribution is -2.34. The topological polar surface area (TPSA) is 12.0 Å². The summed E-state index contributed by atoms with van der Waals surface area (Å²) in [4.78, 5) is 0. The summed E-state index contributed by atoms with van der Waals surface area (Å²) in [6.45, 7) is 0.0683. The maximum atomic E-state index is 11.8. The molecular formula is C8H14F3NS. The molecule has 0 spiro atoms. The highest BCUT2D eigenvalue weighted by molar-refractivity contribution is 7.99. The Labute approximate surface area is 80.5 Å². The molecule has 1 N–H and O–H groups in total. The van der Waals surface area contributed by atoms with Gasteiger partial charge in [-0.25, -0.2) is 0 Å². The van der Waals surface area contributed by atoms with Crippen molar-refractivity contribution in [3.05, 3.63) is 0 Å². The van der Waals surface area contributed by atoms with Crippen LogP contribution < -0.4 is 5.32 Å². The van der Waals surface area contributed by atoms with Gasteiger partial charge in [0.1, 0.15) is 0 Å². The molecule has 0 amide bonds. The van der Waals surface area contributed by atoms with E-state index in [2.05, 4.69) is 5.32 Å². The molecule has 0 aromatic carbocycles. The highest BCUT2D eigenvalue weighted by atomic mass is 32.2. The second-order valence-electron chi connectivity index (χ2n) is 3.21. The van der Waals surface area contributed by atoms with Crippen LogP contribution in [0.2, 0.25) is 0 Å². The second-order valence-corrected chi connectivity index (χ2v) is 4.43. The fourth-order valence-electron chi connectivity index (χ4n) is 1.32. The summed E-state index contributed by atoms with van der Waals surface area (Å²) in [7, 11) is 0. The average Bonchev–Trinajstić information content (AvgIpc) is 2.04. The predicted octanol–water partition coefficient (Wildman–Crippen LogP) is 2.42. The van der Waals surface area contributed by atoms with E-state index in [1.54, 1.807) is 0 Å². The SMILES string of the molecule is FC(F)(F)CCNC1CCSCC1. The molecule has 1 heterocycles. The lowest BCUT2D eigenvalue weighted by atomic mass is 10.1. The number of hydrogen-bond donors (Lipinski definition) is 1. The van der Waals surface area contributed by atoms with Crippen molar-refractivity contribution in [3.8, 4) is 0 Å². The van der Waals surface area contributed by atoms with Crippen LogP contribution in [0.1, 0.15) is 19.3 Å². The first-order valence-electron chi connectivity index (χ1n) is 4.46. The quantitative estimate of drug-likeness (QED) is 0.772. The largest absolute Gasteiger partial charge is 0.390 e. The molecular weight excluding hydrogens is 199 g/mol. The number of rotatable bonds is 3. The first-order chi connectivity index (χ1) is 6.08. The Morgan fingerprint density at radius 2 is 1.85 bits per heavy atom. The van der Waals surface area contributed by atoms with Crippen molar-refractivity contribution in [1.29, 1.82) is 0 Å². The van der Waals surface area contributed by atoms with E-state index in [0.29, 0.717) is 6.04 Å². The molecule has 1 aliphatic rings. The van der Waals surface area contributed by atoms with E-state index in [9.17, 15) is 13.2 Å². The Kier molecular flexibility index (Phi) is 4.38. The minimum absolute atomic E-state index is 0.0683. The molecule has 0 radical (unpaired) electrons. The van der Waals surface area contributed by atoms with E-state index >= 15 is 0 Å². The minimum Gasteiger partial charge on any atom is -0.314 e. The zero-order valence-corrected chi connectivity index (χ0v) is 8.18. The zero-order chi connectivity index (χ0) is 9.73. The van der Waals surface area contributed by atoms with Gasteiger partial charge < -0.3 is 5.32 Å².